The van der Waals surface area contributed by atoms with Crippen LogP contribution in [-0.2, 0) is 10.8 Å². The third kappa shape index (κ3) is 6.43. The molecule has 0 aliphatic heterocycles. The normalized spacial score (nSPS) is 26.3. The van der Waals surface area contributed by atoms with E-state index in [4.69, 9.17) is 4.74 Å². The molecule has 0 amide bonds. The molecular weight excluding hydrogens is 457 g/mol. The molecule has 2 aromatic carbocycles. The van der Waals surface area contributed by atoms with Crippen LogP contribution in [0.4, 0.5) is 13.2 Å². The predicted molar refractivity (Wildman–Crippen MR) is 141 cm³/mol. The number of ether oxygens (including phenoxy) is 1. The highest BCUT2D eigenvalue weighted by Gasteiger charge is 2.38. The Morgan fingerprint density at radius 1 is 0.889 bits per heavy atom. The van der Waals surface area contributed by atoms with Gasteiger partial charge >= 0.3 is 6.11 Å². The van der Waals surface area contributed by atoms with Crippen LogP contribution < -0.4 is 0 Å². The fourth-order valence-electron chi connectivity index (χ4n) is 6.24. The van der Waals surface area contributed by atoms with Crippen molar-refractivity contribution < 1.29 is 17.9 Å². The maximum atomic E-state index is 15.0. The van der Waals surface area contributed by atoms with Gasteiger partial charge in [0.1, 0.15) is 5.82 Å². The minimum atomic E-state index is -3.71. The molecule has 0 radical (unpaired) electrons. The molecule has 0 saturated heterocycles. The van der Waals surface area contributed by atoms with Crippen LogP contribution in [0, 0.1) is 17.7 Å². The lowest BCUT2D eigenvalue weighted by atomic mass is 9.78. The molecule has 196 valence electrons. The maximum Gasteiger partial charge on any atom is 0.386 e. The third-order valence-electron chi connectivity index (χ3n) is 8.64. The van der Waals surface area contributed by atoms with Gasteiger partial charge < -0.3 is 4.74 Å². The lowest BCUT2D eigenvalue weighted by Crippen LogP contribution is -2.22. The summed E-state index contributed by atoms with van der Waals surface area (Å²) in [4.78, 5) is 0. The van der Waals surface area contributed by atoms with Crippen molar-refractivity contribution in [3.05, 3.63) is 82.7 Å². The average molecular weight is 499 g/mol. The largest absolute Gasteiger partial charge is 0.386 e. The molecule has 1 nitrogen and oxygen atoms in total. The molecule has 0 heterocycles. The lowest BCUT2D eigenvalue weighted by molar-refractivity contribution is -0.273. The second kappa shape index (κ2) is 12.0. The summed E-state index contributed by atoms with van der Waals surface area (Å²) >= 11 is 0. The zero-order valence-corrected chi connectivity index (χ0v) is 22.0. The highest BCUT2D eigenvalue weighted by atomic mass is 19.3. The molecule has 1 atom stereocenters. The molecule has 0 aromatic heterocycles. The Bertz CT molecular complexity index is 997. The van der Waals surface area contributed by atoms with E-state index in [1.54, 1.807) is 13.0 Å². The Morgan fingerprint density at radius 3 is 2.06 bits per heavy atom. The fourth-order valence-corrected chi connectivity index (χ4v) is 6.24. The molecular formula is C32H41F3O. The molecule has 1 unspecified atom stereocenters. The smallest absolute Gasteiger partial charge is 0.309 e. The van der Waals surface area contributed by atoms with Crippen molar-refractivity contribution in [1.29, 1.82) is 0 Å². The van der Waals surface area contributed by atoms with E-state index in [1.165, 1.54) is 49.8 Å². The summed E-state index contributed by atoms with van der Waals surface area (Å²) in [7, 11) is 0. The van der Waals surface area contributed by atoms with Gasteiger partial charge in [0.25, 0.3) is 0 Å². The second-order valence-corrected chi connectivity index (χ2v) is 10.9. The first-order valence-corrected chi connectivity index (χ1v) is 13.9. The van der Waals surface area contributed by atoms with Crippen LogP contribution in [0.5, 0.6) is 0 Å². The van der Waals surface area contributed by atoms with Gasteiger partial charge in [-0.1, -0.05) is 55.8 Å². The van der Waals surface area contributed by atoms with E-state index in [1.807, 2.05) is 31.2 Å². The minimum absolute atomic E-state index is 0.221. The Morgan fingerprint density at radius 2 is 1.47 bits per heavy atom. The first-order valence-electron chi connectivity index (χ1n) is 13.9. The van der Waals surface area contributed by atoms with Crippen LogP contribution >= 0.6 is 0 Å². The highest BCUT2D eigenvalue weighted by molar-refractivity contribution is 5.30. The first kappa shape index (κ1) is 27.0. The highest BCUT2D eigenvalue weighted by Crippen LogP contribution is 2.41. The average Bonchev–Trinajstić information content (AvgIpc) is 2.89. The van der Waals surface area contributed by atoms with Crippen LogP contribution in [0.15, 0.2) is 54.6 Å². The van der Waals surface area contributed by atoms with Crippen molar-refractivity contribution in [3.63, 3.8) is 0 Å². The van der Waals surface area contributed by atoms with Crippen molar-refractivity contribution >= 4 is 0 Å². The molecule has 2 aliphatic carbocycles. The quantitative estimate of drug-likeness (QED) is 0.329. The predicted octanol–water partition coefficient (Wildman–Crippen LogP) is 10.2. The number of alkyl halides is 2. The molecule has 0 N–H and O–H groups in total. The number of hydrogen-bond acceptors (Lipinski definition) is 1. The second-order valence-electron chi connectivity index (χ2n) is 10.9. The van der Waals surface area contributed by atoms with E-state index in [0.717, 1.165) is 37.2 Å². The first-order chi connectivity index (χ1) is 17.3. The SMILES string of the molecule is C/C=C/C1CCC(c2ccc(C(F)(F)OC(C)c3ccc(C4CCC(CC)CC4)cc3)c(F)c2)CC1. The Hall–Kier alpha value is -2.07. The van der Waals surface area contributed by atoms with Crippen LogP contribution in [-0.4, -0.2) is 0 Å². The van der Waals surface area contributed by atoms with Crippen LogP contribution in [0.2, 0.25) is 0 Å². The monoisotopic (exact) mass is 498 g/mol. The number of hydrogen-bond donors (Lipinski definition) is 0. The number of benzene rings is 2. The van der Waals surface area contributed by atoms with Crippen molar-refractivity contribution in [3.8, 4) is 0 Å². The van der Waals surface area contributed by atoms with Gasteiger partial charge in [0, 0.05) is 0 Å². The zero-order chi connectivity index (χ0) is 25.7. The summed E-state index contributed by atoms with van der Waals surface area (Å²) in [5.41, 5.74) is 2.07. The number of rotatable bonds is 8. The molecule has 4 rings (SSSR count). The Labute approximate surface area is 215 Å². The summed E-state index contributed by atoms with van der Waals surface area (Å²) in [5, 5.41) is 0. The molecule has 0 bridgehead atoms. The van der Waals surface area contributed by atoms with Crippen LogP contribution in [0.1, 0.15) is 119 Å². The number of allylic oxidation sites excluding steroid dienone is 2. The lowest BCUT2D eigenvalue weighted by Gasteiger charge is -2.28. The molecule has 2 fully saturated rings. The fraction of sp³-hybridized carbons (Fsp3) is 0.562. The van der Waals surface area contributed by atoms with E-state index < -0.39 is 23.6 Å². The third-order valence-corrected chi connectivity index (χ3v) is 8.64. The summed E-state index contributed by atoms with van der Waals surface area (Å²) in [6.07, 6.45) is 9.89. The van der Waals surface area contributed by atoms with Crippen LogP contribution in [0.3, 0.4) is 0 Å². The van der Waals surface area contributed by atoms with Gasteiger partial charge in [-0.05, 0) is 118 Å². The maximum absolute atomic E-state index is 15.0. The topological polar surface area (TPSA) is 9.23 Å². The summed E-state index contributed by atoms with van der Waals surface area (Å²) in [6.45, 7) is 5.89. The van der Waals surface area contributed by atoms with Gasteiger partial charge in [-0.2, -0.15) is 8.78 Å². The Kier molecular flexibility index (Phi) is 8.98. The standard InChI is InChI=1S/C32H41F3O/c1-4-6-24-9-13-28(14-10-24)29-19-20-30(31(33)21-29)32(34,35)36-22(3)25-15-17-27(18-16-25)26-11-7-23(5-2)8-12-26/h4,6,15-24,26,28H,5,7-14H2,1-3H3/b6-4+. The molecule has 2 aromatic rings. The van der Waals surface area contributed by atoms with Crippen molar-refractivity contribution in [2.75, 3.05) is 0 Å². The minimum Gasteiger partial charge on any atom is -0.309 e. The van der Waals surface area contributed by atoms with Crippen molar-refractivity contribution in [1.82, 2.24) is 0 Å². The van der Waals surface area contributed by atoms with Gasteiger partial charge in [-0.15, -0.1) is 0 Å². The summed E-state index contributed by atoms with van der Waals surface area (Å²) in [5.74, 6) is 1.28. The van der Waals surface area contributed by atoms with Gasteiger partial charge in [-0.3, -0.25) is 0 Å². The zero-order valence-electron chi connectivity index (χ0n) is 22.0. The molecule has 2 aliphatic rings. The van der Waals surface area contributed by atoms with E-state index in [9.17, 15) is 4.39 Å². The van der Waals surface area contributed by atoms with E-state index >= 15 is 8.78 Å². The van der Waals surface area contributed by atoms with Crippen LogP contribution in [0.25, 0.3) is 0 Å². The van der Waals surface area contributed by atoms with Gasteiger partial charge in [0.15, 0.2) is 0 Å². The summed E-state index contributed by atoms with van der Waals surface area (Å²) in [6, 6.07) is 12.0. The van der Waals surface area contributed by atoms with Gasteiger partial charge in [-0.25, -0.2) is 4.39 Å². The van der Waals surface area contributed by atoms with Crippen molar-refractivity contribution in [2.24, 2.45) is 11.8 Å². The Balaban J connectivity index is 1.37. The van der Waals surface area contributed by atoms with E-state index in [2.05, 4.69) is 19.1 Å². The molecule has 0 spiro atoms. The molecule has 4 heteroatoms. The molecule has 2 saturated carbocycles. The van der Waals surface area contributed by atoms with Crippen molar-refractivity contribution in [2.45, 2.75) is 103 Å². The van der Waals surface area contributed by atoms with E-state index in [0.29, 0.717) is 17.4 Å². The number of halogens is 3. The van der Waals surface area contributed by atoms with Gasteiger partial charge in [0.05, 0.1) is 11.7 Å². The summed E-state index contributed by atoms with van der Waals surface area (Å²) < 4.78 is 50.1. The van der Waals surface area contributed by atoms with E-state index in [-0.39, 0.29) is 5.92 Å². The molecule has 36 heavy (non-hydrogen) atoms. The van der Waals surface area contributed by atoms with Gasteiger partial charge in [0.2, 0.25) is 0 Å².